The van der Waals surface area contributed by atoms with Gasteiger partial charge in [-0.05, 0) is 36.4 Å². The Bertz CT molecular complexity index is 941. The lowest BCUT2D eigenvalue weighted by Crippen LogP contribution is -2.36. The van der Waals surface area contributed by atoms with E-state index < -0.39 is 0 Å². The predicted octanol–water partition coefficient (Wildman–Crippen LogP) is 3.96. The van der Waals surface area contributed by atoms with Crippen LogP contribution >= 0.6 is 0 Å². The molecule has 1 saturated heterocycles. The Morgan fingerprint density at radius 1 is 1.00 bits per heavy atom. The van der Waals surface area contributed by atoms with Gasteiger partial charge in [-0.25, -0.2) is 0 Å². The maximum atomic E-state index is 12.8. The predicted molar refractivity (Wildman–Crippen MR) is 108 cm³/mol. The van der Waals surface area contributed by atoms with Gasteiger partial charge in [0.15, 0.2) is 5.75 Å². The fourth-order valence-corrected chi connectivity index (χ4v) is 3.02. The highest BCUT2D eigenvalue weighted by Crippen LogP contribution is 2.29. The highest BCUT2D eigenvalue weighted by Gasteiger charge is 2.15. The molecule has 0 aliphatic carbocycles. The summed E-state index contributed by atoms with van der Waals surface area (Å²) in [4.78, 5) is 19.2. The summed E-state index contributed by atoms with van der Waals surface area (Å²) in [5.74, 6) is 1.00. The second-order valence-electron chi connectivity index (χ2n) is 6.36. The third kappa shape index (κ3) is 4.29. The Kier molecular flexibility index (Phi) is 5.49. The quantitative estimate of drug-likeness (QED) is 0.731. The zero-order valence-corrected chi connectivity index (χ0v) is 15.4. The monoisotopic (exact) mass is 375 g/mol. The van der Waals surface area contributed by atoms with Gasteiger partial charge < -0.3 is 19.7 Å². The van der Waals surface area contributed by atoms with E-state index in [9.17, 15) is 4.79 Å². The Morgan fingerprint density at radius 3 is 2.57 bits per heavy atom. The fourth-order valence-electron chi connectivity index (χ4n) is 3.02. The van der Waals surface area contributed by atoms with Gasteiger partial charge in [-0.1, -0.05) is 30.3 Å². The van der Waals surface area contributed by atoms with Crippen LogP contribution in [0.15, 0.2) is 72.9 Å². The largest absolute Gasteiger partial charge is 0.455 e. The third-order valence-electron chi connectivity index (χ3n) is 4.46. The first-order chi connectivity index (χ1) is 13.8. The average Bonchev–Trinajstić information content (AvgIpc) is 2.76. The van der Waals surface area contributed by atoms with Crippen molar-refractivity contribution in [2.45, 2.75) is 0 Å². The number of benzene rings is 2. The number of para-hydroxylation sites is 3. The minimum atomic E-state index is -0.278. The molecule has 0 saturated carbocycles. The number of hydrogen-bond donors (Lipinski definition) is 1. The van der Waals surface area contributed by atoms with E-state index in [0.717, 1.165) is 18.8 Å². The topological polar surface area (TPSA) is 63.7 Å². The Morgan fingerprint density at radius 2 is 1.75 bits per heavy atom. The number of nitrogens with zero attached hydrogens (tertiary/aromatic N) is 2. The second-order valence-corrected chi connectivity index (χ2v) is 6.36. The normalized spacial score (nSPS) is 13.8. The minimum absolute atomic E-state index is 0.278. The van der Waals surface area contributed by atoms with Crippen molar-refractivity contribution in [3.05, 3.63) is 78.6 Å². The van der Waals surface area contributed by atoms with Crippen molar-refractivity contribution in [1.29, 1.82) is 0 Å². The molecule has 0 spiro atoms. The highest BCUT2D eigenvalue weighted by molar-refractivity contribution is 6.04. The van der Waals surface area contributed by atoms with Gasteiger partial charge in [-0.2, -0.15) is 0 Å². The summed E-state index contributed by atoms with van der Waals surface area (Å²) in [5.41, 5.74) is 1.92. The van der Waals surface area contributed by atoms with Gasteiger partial charge in [-0.3, -0.25) is 9.78 Å². The van der Waals surface area contributed by atoms with Crippen LogP contribution in [0.2, 0.25) is 0 Å². The van der Waals surface area contributed by atoms with Gasteiger partial charge >= 0.3 is 0 Å². The van der Waals surface area contributed by atoms with Crippen LogP contribution in [0, 0.1) is 0 Å². The molecule has 3 aromatic rings. The molecule has 142 valence electrons. The lowest BCUT2D eigenvalue weighted by Gasteiger charge is -2.28. The van der Waals surface area contributed by atoms with Gasteiger partial charge in [0.05, 0.1) is 18.9 Å². The summed E-state index contributed by atoms with van der Waals surface area (Å²) in [5, 5.41) is 2.91. The lowest BCUT2D eigenvalue weighted by atomic mass is 10.2. The number of nitrogens with one attached hydrogen (secondary N) is 1. The SMILES string of the molecule is O=C(Nc1ccccc1Oc1ccccc1)c1cc(N2CCOCC2)ccn1. The van der Waals surface area contributed by atoms with Crippen molar-refractivity contribution in [2.75, 3.05) is 36.5 Å². The summed E-state index contributed by atoms with van der Waals surface area (Å²) in [7, 11) is 0. The molecule has 2 aromatic carbocycles. The highest BCUT2D eigenvalue weighted by atomic mass is 16.5. The number of carbonyl (C=O) groups excluding carboxylic acids is 1. The van der Waals surface area contributed by atoms with E-state index in [-0.39, 0.29) is 5.91 Å². The molecule has 1 aliphatic rings. The van der Waals surface area contributed by atoms with Crippen LogP contribution < -0.4 is 15.0 Å². The molecular weight excluding hydrogens is 354 g/mol. The van der Waals surface area contributed by atoms with Crippen molar-refractivity contribution < 1.29 is 14.3 Å². The maximum Gasteiger partial charge on any atom is 0.274 e. The number of aromatic nitrogens is 1. The van der Waals surface area contributed by atoms with E-state index in [1.807, 2.05) is 60.7 Å². The number of ether oxygens (including phenoxy) is 2. The molecule has 0 radical (unpaired) electrons. The number of pyridine rings is 1. The van der Waals surface area contributed by atoms with E-state index in [1.54, 1.807) is 12.3 Å². The van der Waals surface area contributed by atoms with Crippen LogP contribution in [-0.4, -0.2) is 37.2 Å². The number of carbonyl (C=O) groups is 1. The molecule has 2 heterocycles. The summed E-state index contributed by atoms with van der Waals surface area (Å²) in [6.45, 7) is 2.99. The van der Waals surface area contributed by atoms with Crippen LogP contribution in [0.25, 0.3) is 0 Å². The van der Waals surface area contributed by atoms with E-state index in [2.05, 4.69) is 15.2 Å². The number of anilines is 2. The average molecular weight is 375 g/mol. The first-order valence-electron chi connectivity index (χ1n) is 9.21. The van der Waals surface area contributed by atoms with Crippen molar-refractivity contribution >= 4 is 17.3 Å². The molecule has 28 heavy (non-hydrogen) atoms. The maximum absolute atomic E-state index is 12.8. The molecule has 1 aromatic heterocycles. The van der Waals surface area contributed by atoms with Crippen LogP contribution in [0.3, 0.4) is 0 Å². The Balaban J connectivity index is 1.51. The van der Waals surface area contributed by atoms with E-state index in [1.165, 1.54) is 0 Å². The number of amides is 1. The van der Waals surface area contributed by atoms with Crippen LogP contribution in [-0.2, 0) is 4.74 Å². The Hall–Kier alpha value is -3.38. The first kappa shape index (κ1) is 18.0. The van der Waals surface area contributed by atoms with Crippen LogP contribution in [0.5, 0.6) is 11.5 Å². The Labute approximate surface area is 163 Å². The van der Waals surface area contributed by atoms with Crippen molar-refractivity contribution in [1.82, 2.24) is 4.98 Å². The molecule has 0 atom stereocenters. The molecule has 1 fully saturated rings. The van der Waals surface area contributed by atoms with Crippen molar-refractivity contribution in [2.24, 2.45) is 0 Å². The molecule has 4 rings (SSSR count). The smallest absolute Gasteiger partial charge is 0.274 e. The molecule has 1 N–H and O–H groups in total. The van der Waals surface area contributed by atoms with Gasteiger partial charge in [0.25, 0.3) is 5.91 Å². The molecule has 6 heteroatoms. The fraction of sp³-hybridized carbons (Fsp3) is 0.182. The van der Waals surface area contributed by atoms with Gasteiger partial charge in [0, 0.05) is 25.0 Å². The standard InChI is InChI=1S/C22H21N3O3/c26-22(20-16-17(10-11-23-20)25-12-14-27-15-13-25)24-19-8-4-5-9-21(19)28-18-6-2-1-3-7-18/h1-11,16H,12-15H2,(H,24,26). The molecule has 1 aliphatic heterocycles. The van der Waals surface area contributed by atoms with Crippen LogP contribution in [0.4, 0.5) is 11.4 Å². The molecule has 0 unspecified atom stereocenters. The number of hydrogen-bond acceptors (Lipinski definition) is 5. The molecule has 6 nitrogen and oxygen atoms in total. The van der Waals surface area contributed by atoms with E-state index in [4.69, 9.17) is 9.47 Å². The van der Waals surface area contributed by atoms with Gasteiger partial charge in [-0.15, -0.1) is 0 Å². The van der Waals surface area contributed by atoms with Crippen LogP contribution in [0.1, 0.15) is 10.5 Å². The van der Waals surface area contributed by atoms with E-state index >= 15 is 0 Å². The number of morpholine rings is 1. The summed E-state index contributed by atoms with van der Waals surface area (Å²) < 4.78 is 11.3. The van der Waals surface area contributed by atoms with Crippen molar-refractivity contribution in [3.63, 3.8) is 0 Å². The molecule has 1 amide bonds. The summed E-state index contributed by atoms with van der Waals surface area (Å²) in [6.07, 6.45) is 1.66. The molecular formula is C22H21N3O3. The summed E-state index contributed by atoms with van der Waals surface area (Å²) >= 11 is 0. The third-order valence-corrected chi connectivity index (χ3v) is 4.46. The minimum Gasteiger partial charge on any atom is -0.455 e. The summed E-state index contributed by atoms with van der Waals surface area (Å²) in [6, 6.07) is 20.5. The first-order valence-corrected chi connectivity index (χ1v) is 9.21. The molecule has 0 bridgehead atoms. The van der Waals surface area contributed by atoms with Crippen molar-refractivity contribution in [3.8, 4) is 11.5 Å². The number of rotatable bonds is 5. The lowest BCUT2D eigenvalue weighted by molar-refractivity contribution is 0.102. The zero-order valence-electron chi connectivity index (χ0n) is 15.4. The van der Waals surface area contributed by atoms with Gasteiger partial charge in [0.2, 0.25) is 0 Å². The zero-order chi connectivity index (χ0) is 19.2. The second kappa shape index (κ2) is 8.54. The van der Waals surface area contributed by atoms with E-state index in [0.29, 0.717) is 36.1 Å². The van der Waals surface area contributed by atoms with Gasteiger partial charge in [0.1, 0.15) is 11.4 Å².